The Morgan fingerprint density at radius 1 is 1.00 bits per heavy atom. The molecule has 0 aromatic heterocycles. The second kappa shape index (κ2) is 7.17. The third-order valence-electron chi connectivity index (χ3n) is 6.78. The van der Waals surface area contributed by atoms with Crippen LogP contribution in [0.15, 0.2) is 42.5 Å². The fraction of sp³-hybridized carbons (Fsp3) is 0.435. The maximum absolute atomic E-state index is 13.2. The van der Waals surface area contributed by atoms with Gasteiger partial charge >= 0.3 is 0 Å². The Balaban J connectivity index is 0.00000196. The molecule has 2 aliphatic rings. The first-order valence-electron chi connectivity index (χ1n) is 9.62. The lowest BCUT2D eigenvalue weighted by Crippen LogP contribution is -2.50. The number of rotatable bonds is 3. The molecular weight excluding hydrogens is 342 g/mol. The Kier molecular flexibility index (Phi) is 5.28. The molecule has 0 saturated carbocycles. The van der Waals surface area contributed by atoms with E-state index in [0.717, 1.165) is 43.2 Å². The molecule has 3 heteroatoms. The molecule has 138 valence electrons. The van der Waals surface area contributed by atoms with Gasteiger partial charge < -0.3 is 5.73 Å². The van der Waals surface area contributed by atoms with Crippen molar-refractivity contribution in [3.63, 3.8) is 0 Å². The number of aryl methyl sites for hydroxylation is 1. The van der Waals surface area contributed by atoms with Gasteiger partial charge in [0.05, 0.1) is 0 Å². The Hall–Kier alpha value is -1.64. The molecule has 0 radical (unpaired) electrons. The van der Waals surface area contributed by atoms with Gasteiger partial charge in [0.15, 0.2) is 5.78 Å². The van der Waals surface area contributed by atoms with E-state index in [9.17, 15) is 4.79 Å². The van der Waals surface area contributed by atoms with Crippen LogP contribution in [0.3, 0.4) is 0 Å². The zero-order valence-electron chi connectivity index (χ0n) is 15.6. The maximum atomic E-state index is 13.2. The van der Waals surface area contributed by atoms with Crippen LogP contribution in [0.25, 0.3) is 0 Å². The molecule has 0 aliphatic heterocycles. The molecule has 0 amide bonds. The molecule has 0 fully saturated rings. The summed E-state index contributed by atoms with van der Waals surface area (Å²) in [6.45, 7) is 4.42. The van der Waals surface area contributed by atoms with Crippen molar-refractivity contribution in [2.75, 3.05) is 0 Å². The summed E-state index contributed by atoms with van der Waals surface area (Å²) in [7, 11) is 0. The van der Waals surface area contributed by atoms with Crippen molar-refractivity contribution >= 4 is 18.2 Å². The first kappa shape index (κ1) is 19.1. The van der Waals surface area contributed by atoms with Gasteiger partial charge in [0.1, 0.15) is 0 Å². The minimum absolute atomic E-state index is 0. The fourth-order valence-corrected chi connectivity index (χ4v) is 5.19. The summed E-state index contributed by atoms with van der Waals surface area (Å²) in [6.07, 6.45) is 5.05. The minimum atomic E-state index is -0.155. The van der Waals surface area contributed by atoms with Gasteiger partial charge in [-0.1, -0.05) is 56.3 Å². The van der Waals surface area contributed by atoms with Gasteiger partial charge in [0.25, 0.3) is 0 Å². The maximum Gasteiger partial charge on any atom is 0.193 e. The smallest absolute Gasteiger partial charge is 0.193 e. The van der Waals surface area contributed by atoms with Crippen LogP contribution in [0, 0.1) is 5.92 Å². The molecule has 0 heterocycles. The third kappa shape index (κ3) is 2.80. The van der Waals surface area contributed by atoms with Gasteiger partial charge in [0, 0.05) is 16.7 Å². The van der Waals surface area contributed by atoms with Crippen molar-refractivity contribution in [3.05, 3.63) is 70.3 Å². The Labute approximate surface area is 162 Å². The lowest BCUT2D eigenvalue weighted by molar-refractivity contribution is 0.103. The predicted molar refractivity (Wildman–Crippen MR) is 109 cm³/mol. The number of fused-ring (bicyclic) bond motifs is 1. The average Bonchev–Trinajstić information content (AvgIpc) is 2.78. The van der Waals surface area contributed by atoms with Crippen LogP contribution in [0.5, 0.6) is 0 Å². The quantitative estimate of drug-likeness (QED) is 0.821. The van der Waals surface area contributed by atoms with Crippen molar-refractivity contribution in [2.24, 2.45) is 11.7 Å². The normalized spacial score (nSPS) is 21.3. The third-order valence-corrected chi connectivity index (χ3v) is 6.78. The molecule has 2 unspecified atom stereocenters. The van der Waals surface area contributed by atoms with E-state index in [4.69, 9.17) is 5.73 Å². The summed E-state index contributed by atoms with van der Waals surface area (Å²) >= 11 is 0. The number of ketones is 1. The SMILES string of the molecule is CCC(N)(CC)C1CCc2cccc3c2C1Cc1ccccc1C3=O.Cl. The highest BCUT2D eigenvalue weighted by Gasteiger charge is 2.43. The predicted octanol–water partition coefficient (Wildman–Crippen LogP) is 5.06. The van der Waals surface area contributed by atoms with E-state index in [1.54, 1.807) is 0 Å². The second-order valence-corrected chi connectivity index (χ2v) is 7.76. The zero-order chi connectivity index (χ0) is 17.6. The summed E-state index contributed by atoms with van der Waals surface area (Å²) in [6, 6.07) is 14.4. The van der Waals surface area contributed by atoms with E-state index in [1.165, 1.54) is 16.7 Å². The van der Waals surface area contributed by atoms with Crippen LogP contribution in [0.2, 0.25) is 0 Å². The van der Waals surface area contributed by atoms with Crippen molar-refractivity contribution in [1.29, 1.82) is 0 Å². The van der Waals surface area contributed by atoms with E-state index in [0.29, 0.717) is 11.8 Å². The zero-order valence-corrected chi connectivity index (χ0v) is 16.4. The van der Waals surface area contributed by atoms with Crippen LogP contribution in [-0.2, 0) is 12.8 Å². The topological polar surface area (TPSA) is 43.1 Å². The van der Waals surface area contributed by atoms with Crippen molar-refractivity contribution < 1.29 is 4.79 Å². The number of halogens is 1. The lowest BCUT2D eigenvalue weighted by Gasteiger charge is -2.45. The van der Waals surface area contributed by atoms with Gasteiger partial charge in [0.2, 0.25) is 0 Å². The highest BCUT2D eigenvalue weighted by molar-refractivity contribution is 6.11. The summed E-state index contributed by atoms with van der Waals surface area (Å²) in [5, 5.41) is 0. The van der Waals surface area contributed by atoms with Gasteiger partial charge in [-0.15, -0.1) is 12.4 Å². The standard InChI is InChI=1S/C23H27NO.ClH/c1-3-23(24,4-2)20-13-12-15-9-7-11-18-21(15)19(20)14-16-8-5-6-10-17(16)22(18)25;/h5-11,19-20H,3-4,12-14,24H2,1-2H3;1H. The molecule has 2 nitrogen and oxygen atoms in total. The van der Waals surface area contributed by atoms with Gasteiger partial charge in [-0.05, 0) is 60.6 Å². The second-order valence-electron chi connectivity index (χ2n) is 7.76. The number of hydrogen-bond donors (Lipinski definition) is 1. The summed E-state index contributed by atoms with van der Waals surface area (Å²) < 4.78 is 0. The minimum Gasteiger partial charge on any atom is -0.325 e. The fourth-order valence-electron chi connectivity index (χ4n) is 5.19. The van der Waals surface area contributed by atoms with Crippen molar-refractivity contribution in [3.8, 4) is 0 Å². The van der Waals surface area contributed by atoms with Crippen LogP contribution in [0.4, 0.5) is 0 Å². The first-order chi connectivity index (χ1) is 12.1. The average molecular weight is 370 g/mol. The molecule has 0 bridgehead atoms. The molecule has 2 aromatic rings. The number of hydrogen-bond acceptors (Lipinski definition) is 2. The number of carbonyl (C=O) groups is 1. The number of nitrogens with two attached hydrogens (primary N) is 1. The van der Waals surface area contributed by atoms with Crippen molar-refractivity contribution in [1.82, 2.24) is 0 Å². The van der Waals surface area contributed by atoms with E-state index in [2.05, 4.69) is 32.0 Å². The van der Waals surface area contributed by atoms with Crippen LogP contribution in [0.1, 0.15) is 71.6 Å². The van der Waals surface area contributed by atoms with Gasteiger partial charge in [-0.25, -0.2) is 0 Å². The molecule has 2 aliphatic carbocycles. The van der Waals surface area contributed by atoms with Gasteiger partial charge in [-0.2, -0.15) is 0 Å². The van der Waals surface area contributed by atoms with Crippen molar-refractivity contribution in [2.45, 2.75) is 57.4 Å². The molecule has 0 spiro atoms. The van der Waals surface area contributed by atoms with Crippen LogP contribution >= 0.6 is 12.4 Å². The molecular formula is C23H28ClNO. The molecule has 2 N–H and O–H groups in total. The Morgan fingerprint density at radius 2 is 1.65 bits per heavy atom. The molecule has 2 aromatic carbocycles. The van der Waals surface area contributed by atoms with Gasteiger partial charge in [-0.3, -0.25) is 4.79 Å². The highest BCUT2D eigenvalue weighted by atomic mass is 35.5. The monoisotopic (exact) mass is 369 g/mol. The first-order valence-corrected chi connectivity index (χ1v) is 9.62. The lowest BCUT2D eigenvalue weighted by atomic mass is 9.63. The Morgan fingerprint density at radius 3 is 2.38 bits per heavy atom. The summed E-state index contributed by atoms with van der Waals surface area (Å²) in [5.74, 6) is 0.957. The number of benzene rings is 2. The van der Waals surface area contributed by atoms with E-state index >= 15 is 0 Å². The van der Waals surface area contributed by atoms with E-state index in [1.807, 2.05) is 24.3 Å². The molecule has 2 atom stereocenters. The Bertz CT molecular complexity index is 825. The van der Waals surface area contributed by atoms with E-state index in [-0.39, 0.29) is 23.7 Å². The largest absolute Gasteiger partial charge is 0.325 e. The van der Waals surface area contributed by atoms with Crippen LogP contribution < -0.4 is 5.73 Å². The van der Waals surface area contributed by atoms with E-state index < -0.39 is 0 Å². The number of carbonyl (C=O) groups excluding carboxylic acids is 1. The molecule has 26 heavy (non-hydrogen) atoms. The molecule has 0 saturated heterocycles. The summed E-state index contributed by atoms with van der Waals surface area (Å²) in [5.41, 5.74) is 12.3. The highest BCUT2D eigenvalue weighted by Crippen LogP contribution is 2.48. The summed E-state index contributed by atoms with van der Waals surface area (Å²) in [4.78, 5) is 13.2. The van der Waals surface area contributed by atoms with Crippen LogP contribution in [-0.4, -0.2) is 11.3 Å². The molecule has 4 rings (SSSR count).